The largest absolute Gasteiger partial charge is 0.507 e. The number of nitrogens with zero attached hydrogens (tertiary/aromatic N) is 1. The number of aromatic hydroxyl groups is 1. The lowest BCUT2D eigenvalue weighted by molar-refractivity contribution is 0.403. The minimum absolute atomic E-state index is 0.374. The van der Waals surface area contributed by atoms with Crippen LogP contribution >= 0.6 is 8.58 Å². The molecule has 0 heterocycles. The van der Waals surface area contributed by atoms with Gasteiger partial charge in [0.25, 0.3) is 0 Å². The van der Waals surface area contributed by atoms with Gasteiger partial charge in [-0.3, -0.25) is 0 Å². The van der Waals surface area contributed by atoms with Crippen LogP contribution in [0, 0.1) is 0 Å². The van der Waals surface area contributed by atoms with Gasteiger partial charge in [0.05, 0.1) is 0 Å². The van der Waals surface area contributed by atoms with E-state index in [4.69, 9.17) is 0 Å². The van der Waals surface area contributed by atoms with E-state index in [0.717, 1.165) is 34.1 Å². The lowest BCUT2D eigenvalue weighted by Gasteiger charge is -2.17. The zero-order valence-electron chi connectivity index (χ0n) is 17.3. The Morgan fingerprint density at radius 1 is 0.667 bits per heavy atom. The molecular weight excluding hydrogens is 385 g/mol. The van der Waals surface area contributed by atoms with Crippen LogP contribution in [0.25, 0.3) is 22.3 Å². The molecule has 0 saturated carbocycles. The first-order valence-corrected chi connectivity index (χ1v) is 11.1. The highest BCUT2D eigenvalue weighted by Gasteiger charge is 2.15. The molecule has 0 aliphatic rings. The minimum atomic E-state index is 0.374. The first-order valence-electron chi connectivity index (χ1n) is 10.1. The molecule has 30 heavy (non-hydrogen) atoms. The van der Waals surface area contributed by atoms with Crippen molar-refractivity contribution in [2.24, 2.45) is 0 Å². The van der Waals surface area contributed by atoms with Gasteiger partial charge < -0.3 is 10.0 Å². The van der Waals surface area contributed by atoms with Crippen molar-refractivity contribution in [2.75, 3.05) is 14.1 Å². The number of benzene rings is 4. The highest BCUT2D eigenvalue weighted by Crippen LogP contribution is 2.35. The second kappa shape index (κ2) is 9.26. The lowest BCUT2D eigenvalue weighted by Crippen LogP contribution is -2.17. The van der Waals surface area contributed by atoms with E-state index in [-0.39, 0.29) is 0 Å². The van der Waals surface area contributed by atoms with Gasteiger partial charge in [-0.15, -0.1) is 0 Å². The van der Waals surface area contributed by atoms with Crippen molar-refractivity contribution >= 4 is 19.2 Å². The molecule has 0 saturated heterocycles. The fourth-order valence-electron chi connectivity index (χ4n) is 3.63. The van der Waals surface area contributed by atoms with Crippen molar-refractivity contribution in [1.82, 2.24) is 4.90 Å². The molecule has 0 spiro atoms. The maximum atomic E-state index is 11.2. The maximum absolute atomic E-state index is 11.2. The topological polar surface area (TPSA) is 23.5 Å². The number of rotatable bonds is 6. The van der Waals surface area contributed by atoms with E-state index >= 15 is 0 Å². The summed E-state index contributed by atoms with van der Waals surface area (Å²) in [5.74, 6) is 0.374. The summed E-state index contributed by atoms with van der Waals surface area (Å²) in [6, 6.07) is 33.3. The van der Waals surface area contributed by atoms with E-state index in [0.29, 0.717) is 14.3 Å². The van der Waals surface area contributed by atoms with Crippen LogP contribution in [-0.4, -0.2) is 24.1 Å². The Bertz CT molecular complexity index is 1120. The number of hydrogen-bond donors (Lipinski definition) is 1. The molecule has 0 aliphatic heterocycles. The zero-order valence-corrected chi connectivity index (χ0v) is 18.3. The fourth-order valence-corrected chi connectivity index (χ4v) is 4.90. The van der Waals surface area contributed by atoms with Crippen molar-refractivity contribution in [2.45, 2.75) is 6.54 Å². The number of hydrogen-bond acceptors (Lipinski definition) is 2. The third kappa shape index (κ3) is 4.62. The second-order valence-electron chi connectivity index (χ2n) is 7.67. The summed E-state index contributed by atoms with van der Waals surface area (Å²) in [6.45, 7) is 0.883. The van der Waals surface area contributed by atoms with Gasteiger partial charge in [-0.2, -0.15) is 0 Å². The smallest absolute Gasteiger partial charge is 0.131 e. The summed E-state index contributed by atoms with van der Waals surface area (Å²) < 4.78 is 0. The molecule has 0 aliphatic carbocycles. The summed E-state index contributed by atoms with van der Waals surface area (Å²) in [4.78, 5) is 2.18. The molecule has 0 amide bonds. The van der Waals surface area contributed by atoms with E-state index in [1.54, 1.807) is 0 Å². The van der Waals surface area contributed by atoms with E-state index in [2.05, 4.69) is 91.8 Å². The van der Waals surface area contributed by atoms with E-state index < -0.39 is 0 Å². The van der Waals surface area contributed by atoms with Crippen molar-refractivity contribution in [3.05, 3.63) is 103 Å². The van der Waals surface area contributed by atoms with Crippen LogP contribution in [0.1, 0.15) is 5.56 Å². The quantitative estimate of drug-likeness (QED) is 0.429. The summed E-state index contributed by atoms with van der Waals surface area (Å²) in [5.41, 5.74) is 5.48. The third-order valence-electron chi connectivity index (χ3n) is 5.08. The maximum Gasteiger partial charge on any atom is 0.131 e. The van der Waals surface area contributed by atoms with Crippen LogP contribution in [0.15, 0.2) is 97.1 Å². The molecule has 1 unspecified atom stereocenters. The Morgan fingerprint density at radius 2 is 1.27 bits per heavy atom. The van der Waals surface area contributed by atoms with Gasteiger partial charge in [0.15, 0.2) is 0 Å². The first kappa shape index (κ1) is 20.3. The lowest BCUT2D eigenvalue weighted by atomic mass is 9.98. The Labute approximate surface area is 180 Å². The molecule has 1 N–H and O–H groups in total. The fraction of sp³-hybridized carbons (Fsp3) is 0.111. The van der Waals surface area contributed by atoms with Crippen LogP contribution in [0.2, 0.25) is 0 Å². The summed E-state index contributed by atoms with van der Waals surface area (Å²) >= 11 is 0. The van der Waals surface area contributed by atoms with Gasteiger partial charge in [-0.25, -0.2) is 0 Å². The molecule has 2 nitrogen and oxygen atoms in total. The minimum Gasteiger partial charge on any atom is -0.507 e. The van der Waals surface area contributed by atoms with Crippen molar-refractivity contribution in [3.63, 3.8) is 0 Å². The van der Waals surface area contributed by atoms with Crippen LogP contribution in [0.3, 0.4) is 0 Å². The molecule has 150 valence electrons. The zero-order chi connectivity index (χ0) is 20.9. The van der Waals surface area contributed by atoms with Gasteiger partial charge in [0.2, 0.25) is 0 Å². The molecule has 0 aromatic heterocycles. The predicted octanol–water partition coefficient (Wildman–Crippen LogP) is 5.42. The Morgan fingerprint density at radius 3 is 1.93 bits per heavy atom. The van der Waals surface area contributed by atoms with Crippen LogP contribution in [0.4, 0.5) is 0 Å². The highest BCUT2D eigenvalue weighted by molar-refractivity contribution is 7.56. The van der Waals surface area contributed by atoms with E-state index in [1.807, 2.05) is 24.3 Å². The normalized spacial score (nSPS) is 11.4. The molecule has 0 radical (unpaired) electrons. The Hall–Kier alpha value is -2.93. The predicted molar refractivity (Wildman–Crippen MR) is 130 cm³/mol. The summed E-state index contributed by atoms with van der Waals surface area (Å²) in [6.07, 6.45) is 0. The Balaban J connectivity index is 1.84. The average molecular weight is 411 g/mol. The van der Waals surface area contributed by atoms with Crippen LogP contribution < -0.4 is 10.6 Å². The molecule has 1 atom stereocenters. The van der Waals surface area contributed by atoms with Crippen molar-refractivity contribution < 1.29 is 5.11 Å². The van der Waals surface area contributed by atoms with E-state index in [1.165, 1.54) is 10.9 Å². The first-order chi connectivity index (χ1) is 14.6. The van der Waals surface area contributed by atoms with Crippen molar-refractivity contribution in [1.29, 1.82) is 0 Å². The standard InChI is InChI=1S/C27H26NOP/c1-28(2)19-22-15-9-10-16-25(22)30-26-18-23(20-11-5-3-6-12-20)17-24(27(26)29)21-13-7-4-8-14-21/h3-18,29-30H,19H2,1-2H3. The summed E-state index contributed by atoms with van der Waals surface area (Å²) in [5, 5.41) is 13.5. The molecule has 0 fully saturated rings. The SMILES string of the molecule is CN(C)Cc1ccccc1Pc1cc(-c2ccccc2)cc(-c2ccccc2)c1O. The van der Waals surface area contributed by atoms with Crippen LogP contribution in [-0.2, 0) is 6.54 Å². The van der Waals surface area contributed by atoms with Gasteiger partial charge >= 0.3 is 0 Å². The molecular formula is C27H26NOP. The number of phenols is 1. The van der Waals surface area contributed by atoms with Gasteiger partial charge in [-0.1, -0.05) is 93.5 Å². The van der Waals surface area contributed by atoms with Gasteiger partial charge in [-0.05, 0) is 53.8 Å². The molecule has 4 aromatic rings. The molecule has 4 aromatic carbocycles. The van der Waals surface area contributed by atoms with Crippen molar-refractivity contribution in [3.8, 4) is 28.0 Å². The second-order valence-corrected chi connectivity index (χ2v) is 9.00. The average Bonchev–Trinajstić information content (AvgIpc) is 2.77. The molecule has 3 heteroatoms. The monoisotopic (exact) mass is 411 g/mol. The molecule has 4 rings (SSSR count). The number of phenolic OH excluding ortho intramolecular Hbond substituents is 1. The third-order valence-corrected chi connectivity index (χ3v) is 6.48. The highest BCUT2D eigenvalue weighted by atomic mass is 31.1. The Kier molecular flexibility index (Phi) is 6.28. The van der Waals surface area contributed by atoms with Gasteiger partial charge in [0, 0.05) is 17.4 Å². The van der Waals surface area contributed by atoms with Gasteiger partial charge in [0.1, 0.15) is 5.75 Å². The van der Waals surface area contributed by atoms with Crippen LogP contribution in [0.5, 0.6) is 5.75 Å². The van der Waals surface area contributed by atoms with E-state index in [9.17, 15) is 5.11 Å². The molecule has 0 bridgehead atoms. The summed E-state index contributed by atoms with van der Waals surface area (Å²) in [7, 11) is 4.55.